The van der Waals surface area contributed by atoms with Crippen LogP contribution in [0.2, 0.25) is 0 Å². The van der Waals surface area contributed by atoms with Crippen LogP contribution in [0.4, 0.5) is 0 Å². The van der Waals surface area contributed by atoms with E-state index in [-0.39, 0.29) is 6.04 Å². The first-order valence-electron chi connectivity index (χ1n) is 6.56. The fourth-order valence-electron chi connectivity index (χ4n) is 1.85. The third kappa shape index (κ3) is 3.59. The Balaban J connectivity index is 2.11. The number of nitrogens with one attached hydrogen (secondary N) is 1. The zero-order chi connectivity index (χ0) is 14.0. The van der Waals surface area contributed by atoms with Crippen LogP contribution in [0.25, 0.3) is 11.0 Å². The van der Waals surface area contributed by atoms with Crippen molar-refractivity contribution in [3.8, 4) is 0 Å². The fraction of sp³-hybridized carbons (Fsp3) is 0.467. The number of hydrogen-bond donors (Lipinski definition) is 2. The van der Waals surface area contributed by atoms with Crippen molar-refractivity contribution < 1.29 is 9.52 Å². The minimum Gasteiger partial charge on any atom is -0.459 e. The molecule has 2 atom stereocenters. The molecule has 0 aliphatic carbocycles. The number of hydrogen-bond acceptors (Lipinski definition) is 3. The molecule has 4 heteroatoms. The van der Waals surface area contributed by atoms with Gasteiger partial charge in [0.2, 0.25) is 0 Å². The molecule has 1 aromatic heterocycles. The van der Waals surface area contributed by atoms with Crippen molar-refractivity contribution in [2.24, 2.45) is 0 Å². The number of aliphatic hydroxyl groups is 1. The van der Waals surface area contributed by atoms with Crippen LogP contribution < -0.4 is 5.32 Å². The van der Waals surface area contributed by atoms with Crippen LogP contribution in [-0.4, -0.2) is 17.3 Å². The molecule has 0 aliphatic rings. The first-order valence-corrected chi connectivity index (χ1v) is 7.35. The van der Waals surface area contributed by atoms with Crippen LogP contribution in [0, 0.1) is 0 Å². The Hall–Kier alpha value is -0.840. The van der Waals surface area contributed by atoms with E-state index in [1.54, 1.807) is 0 Å². The molecule has 104 valence electrons. The van der Waals surface area contributed by atoms with Gasteiger partial charge in [-0.1, -0.05) is 22.9 Å². The van der Waals surface area contributed by atoms with E-state index in [0.29, 0.717) is 6.54 Å². The summed E-state index contributed by atoms with van der Waals surface area (Å²) in [6.07, 6.45) is 0.722. The van der Waals surface area contributed by atoms with Gasteiger partial charge < -0.3 is 14.8 Å². The Labute approximate surface area is 122 Å². The average molecular weight is 326 g/mol. The zero-order valence-corrected chi connectivity index (χ0v) is 13.1. The number of furan rings is 1. The van der Waals surface area contributed by atoms with Gasteiger partial charge in [0.1, 0.15) is 11.3 Å². The van der Waals surface area contributed by atoms with Gasteiger partial charge >= 0.3 is 0 Å². The molecule has 0 saturated heterocycles. The van der Waals surface area contributed by atoms with Crippen molar-refractivity contribution in [2.45, 2.75) is 38.8 Å². The summed E-state index contributed by atoms with van der Waals surface area (Å²) >= 11 is 3.45. The molecular formula is C15H20BrNO2. The molecule has 1 heterocycles. The van der Waals surface area contributed by atoms with Gasteiger partial charge in [0.15, 0.2) is 0 Å². The van der Waals surface area contributed by atoms with Gasteiger partial charge in [0.05, 0.1) is 11.6 Å². The third-order valence-corrected chi connectivity index (χ3v) is 3.97. The lowest BCUT2D eigenvalue weighted by molar-refractivity contribution is 0.0527. The molecule has 3 nitrogen and oxygen atoms in total. The second kappa shape index (κ2) is 5.65. The second-order valence-corrected chi connectivity index (χ2v) is 6.20. The maximum atomic E-state index is 10.00. The van der Waals surface area contributed by atoms with Crippen molar-refractivity contribution in [2.75, 3.05) is 6.54 Å². The highest BCUT2D eigenvalue weighted by molar-refractivity contribution is 9.10. The van der Waals surface area contributed by atoms with Gasteiger partial charge in [0.25, 0.3) is 0 Å². The van der Waals surface area contributed by atoms with E-state index in [0.717, 1.165) is 27.6 Å². The van der Waals surface area contributed by atoms with Crippen LogP contribution in [0.1, 0.15) is 39.0 Å². The van der Waals surface area contributed by atoms with E-state index in [1.165, 1.54) is 0 Å². The molecule has 2 aromatic rings. The summed E-state index contributed by atoms with van der Waals surface area (Å²) in [6.45, 7) is 6.40. The highest BCUT2D eigenvalue weighted by Crippen LogP contribution is 2.26. The lowest BCUT2D eigenvalue weighted by atomic mass is 10.0. The van der Waals surface area contributed by atoms with Crippen LogP contribution >= 0.6 is 15.9 Å². The SMILES string of the molecule is CCC(C)(O)CNC(C)c1cc2cc(Br)ccc2o1. The molecule has 1 aromatic carbocycles. The monoisotopic (exact) mass is 325 g/mol. The summed E-state index contributed by atoms with van der Waals surface area (Å²) in [5, 5.41) is 14.4. The molecule has 2 N–H and O–H groups in total. The summed E-state index contributed by atoms with van der Waals surface area (Å²) in [5.74, 6) is 0.889. The molecule has 0 radical (unpaired) electrons. The molecule has 0 amide bonds. The van der Waals surface area contributed by atoms with Crippen molar-refractivity contribution in [1.29, 1.82) is 0 Å². The minimum atomic E-state index is -0.677. The minimum absolute atomic E-state index is 0.0733. The van der Waals surface area contributed by atoms with Crippen molar-refractivity contribution in [3.05, 3.63) is 34.5 Å². The van der Waals surface area contributed by atoms with Gasteiger partial charge in [-0.3, -0.25) is 0 Å². The van der Waals surface area contributed by atoms with Crippen LogP contribution in [0.3, 0.4) is 0 Å². The van der Waals surface area contributed by atoms with E-state index < -0.39 is 5.60 Å². The lowest BCUT2D eigenvalue weighted by Crippen LogP contribution is -2.38. The Morgan fingerprint density at radius 3 is 2.84 bits per heavy atom. The van der Waals surface area contributed by atoms with E-state index in [2.05, 4.69) is 21.2 Å². The summed E-state index contributed by atoms with van der Waals surface area (Å²) in [7, 11) is 0. The smallest absolute Gasteiger partial charge is 0.134 e. The topological polar surface area (TPSA) is 45.4 Å². The predicted molar refractivity (Wildman–Crippen MR) is 81.2 cm³/mol. The van der Waals surface area contributed by atoms with Gasteiger partial charge in [-0.05, 0) is 44.5 Å². The quantitative estimate of drug-likeness (QED) is 0.873. The molecule has 0 saturated carbocycles. The summed E-state index contributed by atoms with van der Waals surface area (Å²) in [6, 6.07) is 8.08. The highest BCUT2D eigenvalue weighted by atomic mass is 79.9. The molecule has 0 fully saturated rings. The second-order valence-electron chi connectivity index (χ2n) is 5.28. The number of halogens is 1. The Kier molecular flexibility index (Phi) is 4.33. The van der Waals surface area contributed by atoms with Crippen molar-refractivity contribution >= 4 is 26.9 Å². The normalized spacial score (nSPS) is 16.5. The summed E-state index contributed by atoms with van der Waals surface area (Å²) in [5.41, 5.74) is 0.206. The fourth-order valence-corrected chi connectivity index (χ4v) is 2.23. The standard InChI is InChI=1S/C15H20BrNO2/c1-4-15(3,18)9-17-10(2)14-8-11-7-12(16)5-6-13(11)19-14/h5-8,10,17-18H,4,9H2,1-3H3. The van der Waals surface area contributed by atoms with E-state index in [1.807, 2.05) is 45.0 Å². The van der Waals surface area contributed by atoms with Crippen molar-refractivity contribution in [3.63, 3.8) is 0 Å². The summed E-state index contributed by atoms with van der Waals surface area (Å²) < 4.78 is 6.86. The van der Waals surface area contributed by atoms with Gasteiger partial charge in [-0.15, -0.1) is 0 Å². The Bertz CT molecular complexity index is 562. The number of rotatable bonds is 5. The zero-order valence-electron chi connectivity index (χ0n) is 11.5. The third-order valence-electron chi connectivity index (χ3n) is 3.47. The van der Waals surface area contributed by atoms with Gasteiger partial charge in [0, 0.05) is 16.4 Å². The van der Waals surface area contributed by atoms with Crippen molar-refractivity contribution in [1.82, 2.24) is 5.32 Å². The summed E-state index contributed by atoms with van der Waals surface area (Å²) in [4.78, 5) is 0. The molecule has 0 spiro atoms. The van der Waals surface area contributed by atoms with Crippen LogP contribution in [-0.2, 0) is 0 Å². The van der Waals surface area contributed by atoms with Gasteiger partial charge in [-0.25, -0.2) is 0 Å². The first-order chi connectivity index (χ1) is 8.91. The van der Waals surface area contributed by atoms with Crippen LogP contribution in [0.15, 0.2) is 33.2 Å². The molecule has 19 heavy (non-hydrogen) atoms. The molecule has 2 unspecified atom stereocenters. The highest BCUT2D eigenvalue weighted by Gasteiger charge is 2.19. The molecule has 0 aliphatic heterocycles. The number of fused-ring (bicyclic) bond motifs is 1. The maximum Gasteiger partial charge on any atom is 0.134 e. The first kappa shape index (κ1) is 14.6. The predicted octanol–water partition coefficient (Wildman–Crippen LogP) is 4.01. The molecule has 2 rings (SSSR count). The lowest BCUT2D eigenvalue weighted by Gasteiger charge is -2.23. The van der Waals surface area contributed by atoms with Crippen LogP contribution in [0.5, 0.6) is 0 Å². The van der Waals surface area contributed by atoms with E-state index in [9.17, 15) is 5.11 Å². The molecule has 0 bridgehead atoms. The van der Waals surface area contributed by atoms with E-state index in [4.69, 9.17) is 4.42 Å². The molecular weight excluding hydrogens is 306 g/mol. The Morgan fingerprint density at radius 2 is 2.16 bits per heavy atom. The Morgan fingerprint density at radius 1 is 1.42 bits per heavy atom. The van der Waals surface area contributed by atoms with Gasteiger partial charge in [-0.2, -0.15) is 0 Å². The number of benzene rings is 1. The average Bonchev–Trinajstić information content (AvgIpc) is 2.79. The maximum absolute atomic E-state index is 10.00. The largest absolute Gasteiger partial charge is 0.459 e. The van der Waals surface area contributed by atoms with E-state index >= 15 is 0 Å².